The summed E-state index contributed by atoms with van der Waals surface area (Å²) in [6.07, 6.45) is 1.74. The van der Waals surface area contributed by atoms with Gasteiger partial charge in [-0.2, -0.15) is 10.1 Å². The van der Waals surface area contributed by atoms with Crippen LogP contribution in [0.15, 0.2) is 54.7 Å². The maximum absolute atomic E-state index is 5.24. The third kappa shape index (κ3) is 4.74. The molecule has 0 saturated carbocycles. The van der Waals surface area contributed by atoms with Crippen LogP contribution in [0, 0.1) is 6.92 Å². The maximum Gasteiger partial charge on any atom is 0.244 e. The Labute approximate surface area is 171 Å². The van der Waals surface area contributed by atoms with Crippen molar-refractivity contribution in [2.45, 2.75) is 13.5 Å². The summed E-state index contributed by atoms with van der Waals surface area (Å²) in [4.78, 5) is 9.29. The lowest BCUT2D eigenvalue weighted by molar-refractivity contribution is 0.415. The highest BCUT2D eigenvalue weighted by atomic mass is 16.5. The van der Waals surface area contributed by atoms with E-state index in [0.29, 0.717) is 12.5 Å². The Hall–Kier alpha value is -3.35. The van der Waals surface area contributed by atoms with Gasteiger partial charge in [-0.25, -0.2) is 0 Å². The number of anilines is 3. The second-order valence-electron chi connectivity index (χ2n) is 7.15. The predicted octanol–water partition coefficient (Wildman–Crippen LogP) is 3.13. The van der Waals surface area contributed by atoms with Gasteiger partial charge in [0.15, 0.2) is 5.82 Å². The average molecular weight is 390 g/mol. The summed E-state index contributed by atoms with van der Waals surface area (Å²) in [7, 11) is 1.69. The SMILES string of the molecule is COc1ccc(N2CCN(c3cnnc(NCc4cccc(C)c4)n3)CC2)cc1. The van der Waals surface area contributed by atoms with Crippen LogP contribution in [0.1, 0.15) is 11.1 Å². The molecule has 7 nitrogen and oxygen atoms in total. The first-order chi connectivity index (χ1) is 14.2. The van der Waals surface area contributed by atoms with E-state index >= 15 is 0 Å². The van der Waals surface area contributed by atoms with E-state index in [0.717, 1.165) is 37.7 Å². The van der Waals surface area contributed by atoms with Crippen LogP contribution >= 0.6 is 0 Å². The number of aryl methyl sites for hydroxylation is 1. The van der Waals surface area contributed by atoms with E-state index in [4.69, 9.17) is 4.74 Å². The average Bonchev–Trinajstić information content (AvgIpc) is 2.78. The number of benzene rings is 2. The van der Waals surface area contributed by atoms with Crippen molar-refractivity contribution >= 4 is 17.5 Å². The lowest BCUT2D eigenvalue weighted by Gasteiger charge is -2.36. The highest BCUT2D eigenvalue weighted by Crippen LogP contribution is 2.22. The number of ether oxygens (including phenoxy) is 1. The van der Waals surface area contributed by atoms with E-state index in [1.54, 1.807) is 13.3 Å². The summed E-state index contributed by atoms with van der Waals surface area (Å²) in [6.45, 7) is 6.42. The fourth-order valence-electron chi connectivity index (χ4n) is 3.51. The molecule has 1 saturated heterocycles. The number of nitrogens with one attached hydrogen (secondary N) is 1. The molecule has 1 aromatic heterocycles. The summed E-state index contributed by atoms with van der Waals surface area (Å²) in [6, 6.07) is 16.6. The zero-order valence-corrected chi connectivity index (χ0v) is 16.9. The van der Waals surface area contributed by atoms with Gasteiger partial charge >= 0.3 is 0 Å². The summed E-state index contributed by atoms with van der Waals surface area (Å²) in [5.74, 6) is 2.30. The van der Waals surface area contributed by atoms with E-state index in [-0.39, 0.29) is 0 Å². The number of hydrogen-bond acceptors (Lipinski definition) is 7. The maximum atomic E-state index is 5.24. The zero-order chi connectivity index (χ0) is 20.1. The second-order valence-corrected chi connectivity index (χ2v) is 7.15. The number of nitrogens with zero attached hydrogens (tertiary/aromatic N) is 5. The van der Waals surface area contributed by atoms with Crippen LogP contribution in [0.5, 0.6) is 5.75 Å². The first-order valence-corrected chi connectivity index (χ1v) is 9.84. The van der Waals surface area contributed by atoms with E-state index in [1.807, 2.05) is 12.1 Å². The molecule has 0 amide bonds. The molecule has 2 heterocycles. The molecule has 3 aromatic rings. The van der Waals surface area contributed by atoms with Crippen molar-refractivity contribution in [1.29, 1.82) is 0 Å². The van der Waals surface area contributed by atoms with Crippen molar-refractivity contribution in [2.24, 2.45) is 0 Å². The topological polar surface area (TPSA) is 66.4 Å². The summed E-state index contributed by atoms with van der Waals surface area (Å²) >= 11 is 0. The molecule has 0 spiro atoms. The minimum absolute atomic E-state index is 0.557. The molecular weight excluding hydrogens is 364 g/mol. The fourth-order valence-corrected chi connectivity index (χ4v) is 3.51. The van der Waals surface area contributed by atoms with Gasteiger partial charge in [0.05, 0.1) is 13.3 Å². The molecule has 0 radical (unpaired) electrons. The Balaban J connectivity index is 1.35. The van der Waals surface area contributed by atoms with Crippen LogP contribution in [-0.2, 0) is 6.54 Å². The molecule has 4 rings (SSSR count). The minimum atomic E-state index is 0.557. The van der Waals surface area contributed by atoms with Crippen molar-refractivity contribution < 1.29 is 4.74 Å². The fraction of sp³-hybridized carbons (Fsp3) is 0.318. The lowest BCUT2D eigenvalue weighted by Crippen LogP contribution is -2.46. The Morgan fingerprint density at radius 1 is 1.00 bits per heavy atom. The Bertz CT molecular complexity index is 938. The summed E-state index contributed by atoms with van der Waals surface area (Å²) in [5, 5.41) is 11.6. The molecule has 7 heteroatoms. The quantitative estimate of drug-likeness (QED) is 0.694. The Morgan fingerprint density at radius 3 is 2.48 bits per heavy atom. The number of hydrogen-bond donors (Lipinski definition) is 1. The van der Waals surface area contributed by atoms with Crippen LogP contribution in [0.2, 0.25) is 0 Å². The van der Waals surface area contributed by atoms with Gasteiger partial charge in [0, 0.05) is 38.4 Å². The van der Waals surface area contributed by atoms with Crippen molar-refractivity contribution in [3.8, 4) is 5.75 Å². The Kier molecular flexibility index (Phi) is 5.74. The second kappa shape index (κ2) is 8.77. The smallest absolute Gasteiger partial charge is 0.244 e. The molecule has 2 aromatic carbocycles. The van der Waals surface area contributed by atoms with Crippen molar-refractivity contribution in [1.82, 2.24) is 15.2 Å². The summed E-state index contributed by atoms with van der Waals surface area (Å²) < 4.78 is 5.24. The summed E-state index contributed by atoms with van der Waals surface area (Å²) in [5.41, 5.74) is 3.66. The zero-order valence-electron chi connectivity index (χ0n) is 16.9. The van der Waals surface area contributed by atoms with Crippen molar-refractivity contribution in [2.75, 3.05) is 48.4 Å². The monoisotopic (exact) mass is 390 g/mol. The number of rotatable bonds is 6. The van der Waals surface area contributed by atoms with Gasteiger partial charge < -0.3 is 19.9 Å². The van der Waals surface area contributed by atoms with Gasteiger partial charge in [0.2, 0.25) is 5.95 Å². The van der Waals surface area contributed by atoms with Gasteiger partial charge in [0.1, 0.15) is 5.75 Å². The van der Waals surface area contributed by atoms with Crippen LogP contribution in [0.3, 0.4) is 0 Å². The molecule has 0 atom stereocenters. The normalized spacial score (nSPS) is 14.0. The van der Waals surface area contributed by atoms with E-state index in [9.17, 15) is 0 Å². The first kappa shape index (κ1) is 19.0. The molecule has 1 N–H and O–H groups in total. The van der Waals surface area contributed by atoms with E-state index in [2.05, 4.69) is 73.6 Å². The molecule has 0 unspecified atom stereocenters. The molecular formula is C22H26N6O. The van der Waals surface area contributed by atoms with Crippen LogP contribution < -0.4 is 19.9 Å². The van der Waals surface area contributed by atoms with Crippen molar-refractivity contribution in [3.63, 3.8) is 0 Å². The minimum Gasteiger partial charge on any atom is -0.497 e. The van der Waals surface area contributed by atoms with Crippen molar-refractivity contribution in [3.05, 3.63) is 65.9 Å². The molecule has 0 bridgehead atoms. The lowest BCUT2D eigenvalue weighted by atomic mass is 10.1. The molecule has 0 aliphatic carbocycles. The molecule has 29 heavy (non-hydrogen) atoms. The van der Waals surface area contributed by atoms with Gasteiger partial charge in [-0.3, -0.25) is 0 Å². The van der Waals surface area contributed by atoms with Gasteiger partial charge in [-0.1, -0.05) is 29.8 Å². The molecule has 150 valence electrons. The largest absolute Gasteiger partial charge is 0.497 e. The van der Waals surface area contributed by atoms with Crippen LogP contribution in [0.4, 0.5) is 17.5 Å². The van der Waals surface area contributed by atoms with E-state index < -0.39 is 0 Å². The van der Waals surface area contributed by atoms with Crippen LogP contribution in [0.25, 0.3) is 0 Å². The number of aromatic nitrogens is 3. The van der Waals surface area contributed by atoms with Gasteiger partial charge in [0.25, 0.3) is 0 Å². The highest BCUT2D eigenvalue weighted by molar-refractivity contribution is 5.51. The molecule has 1 aliphatic rings. The molecule has 1 aliphatic heterocycles. The van der Waals surface area contributed by atoms with Gasteiger partial charge in [-0.15, -0.1) is 5.10 Å². The molecule has 1 fully saturated rings. The first-order valence-electron chi connectivity index (χ1n) is 9.84. The van der Waals surface area contributed by atoms with E-state index in [1.165, 1.54) is 16.8 Å². The number of methoxy groups -OCH3 is 1. The third-order valence-corrected chi connectivity index (χ3v) is 5.12. The van der Waals surface area contributed by atoms with Crippen LogP contribution in [-0.4, -0.2) is 48.5 Å². The highest BCUT2D eigenvalue weighted by Gasteiger charge is 2.19. The Morgan fingerprint density at radius 2 is 1.76 bits per heavy atom. The number of piperazine rings is 1. The standard InChI is InChI=1S/C22H26N6O/c1-17-4-3-5-18(14-17)15-23-22-25-21(16-24-26-22)28-12-10-27(11-13-28)19-6-8-20(29-2)9-7-19/h3-9,14,16H,10-13,15H2,1-2H3,(H,23,25,26). The third-order valence-electron chi connectivity index (χ3n) is 5.12. The predicted molar refractivity (Wildman–Crippen MR) is 116 cm³/mol. The van der Waals surface area contributed by atoms with Gasteiger partial charge in [-0.05, 0) is 36.8 Å².